The summed E-state index contributed by atoms with van der Waals surface area (Å²) in [5.74, 6) is 0.678. The number of aromatic nitrogens is 3. The molecule has 0 saturated carbocycles. The molecule has 0 aliphatic heterocycles. The van der Waals surface area contributed by atoms with Crippen molar-refractivity contribution in [3.63, 3.8) is 0 Å². The van der Waals surface area contributed by atoms with Crippen LogP contribution in [0.3, 0.4) is 0 Å². The van der Waals surface area contributed by atoms with Crippen LogP contribution < -0.4 is 10.3 Å². The molecule has 1 heterocycles. The van der Waals surface area contributed by atoms with Crippen LogP contribution in [-0.4, -0.2) is 28.5 Å². The van der Waals surface area contributed by atoms with Crippen LogP contribution in [0.25, 0.3) is 11.3 Å². The summed E-state index contributed by atoms with van der Waals surface area (Å²) in [7, 11) is 1.58. The molecular weight excluding hydrogens is 238 g/mol. The lowest BCUT2D eigenvalue weighted by molar-refractivity contribution is 0.415. The van der Waals surface area contributed by atoms with Gasteiger partial charge in [-0.05, 0) is 18.4 Å². The van der Waals surface area contributed by atoms with Gasteiger partial charge in [0.2, 0.25) is 0 Å². The van der Waals surface area contributed by atoms with Gasteiger partial charge in [-0.3, -0.25) is 9.78 Å². The van der Waals surface area contributed by atoms with Gasteiger partial charge in [-0.15, -0.1) is 10.2 Å². The van der Waals surface area contributed by atoms with Crippen molar-refractivity contribution in [1.29, 1.82) is 0 Å². The summed E-state index contributed by atoms with van der Waals surface area (Å²) >= 11 is 1.34. The first-order valence-corrected chi connectivity index (χ1v) is 6.12. The number of nitrogens with one attached hydrogen (secondary N) is 1. The van der Waals surface area contributed by atoms with Gasteiger partial charge in [-0.2, -0.15) is 0 Å². The Morgan fingerprint density at radius 1 is 1.35 bits per heavy atom. The summed E-state index contributed by atoms with van der Waals surface area (Å²) in [5.41, 5.74) is 0.727. The van der Waals surface area contributed by atoms with Gasteiger partial charge in [-0.25, -0.2) is 0 Å². The Morgan fingerprint density at radius 3 is 2.82 bits per heavy atom. The second-order valence-electron chi connectivity index (χ2n) is 3.24. The number of thioether (sulfide) groups is 1. The predicted octanol–water partition coefficient (Wildman–Crippen LogP) is 1.56. The molecule has 1 N–H and O–H groups in total. The molecule has 5 nitrogen and oxygen atoms in total. The SMILES string of the molecule is COc1cccc(-c2nnc(SC)[nH]c2=O)c1. The first-order valence-electron chi connectivity index (χ1n) is 4.90. The highest BCUT2D eigenvalue weighted by molar-refractivity contribution is 7.98. The zero-order valence-electron chi connectivity index (χ0n) is 9.43. The fourth-order valence-electron chi connectivity index (χ4n) is 1.37. The number of ether oxygens (including phenoxy) is 1. The summed E-state index contributed by atoms with van der Waals surface area (Å²) in [5, 5.41) is 8.33. The van der Waals surface area contributed by atoms with Crippen LogP contribution in [0, 0.1) is 0 Å². The Bertz CT molecular complexity index is 583. The number of hydrogen-bond donors (Lipinski definition) is 1. The van der Waals surface area contributed by atoms with Crippen LogP contribution in [0.15, 0.2) is 34.2 Å². The summed E-state index contributed by atoms with van der Waals surface area (Å²) in [6, 6.07) is 7.15. The highest BCUT2D eigenvalue weighted by Crippen LogP contribution is 2.19. The summed E-state index contributed by atoms with van der Waals surface area (Å²) in [4.78, 5) is 14.4. The highest BCUT2D eigenvalue weighted by Gasteiger charge is 2.07. The minimum Gasteiger partial charge on any atom is -0.497 e. The van der Waals surface area contributed by atoms with E-state index in [2.05, 4.69) is 15.2 Å². The quantitative estimate of drug-likeness (QED) is 0.836. The third-order valence-electron chi connectivity index (χ3n) is 2.21. The van der Waals surface area contributed by atoms with E-state index in [4.69, 9.17) is 4.74 Å². The normalized spacial score (nSPS) is 10.2. The zero-order valence-corrected chi connectivity index (χ0v) is 10.2. The van der Waals surface area contributed by atoms with E-state index in [1.807, 2.05) is 6.26 Å². The number of H-pyrrole nitrogens is 1. The van der Waals surface area contributed by atoms with Crippen molar-refractivity contribution < 1.29 is 4.74 Å². The number of aromatic amines is 1. The minimum atomic E-state index is -0.252. The number of methoxy groups -OCH3 is 1. The molecule has 0 amide bonds. The maximum absolute atomic E-state index is 11.8. The third kappa shape index (κ3) is 2.47. The standard InChI is InChI=1S/C11H11N3O2S/c1-16-8-5-3-4-7(6-8)9-10(15)12-11(17-2)14-13-9/h3-6H,1-2H3,(H,12,14,15). The molecule has 2 rings (SSSR count). The molecule has 0 aliphatic carbocycles. The Morgan fingerprint density at radius 2 is 2.18 bits per heavy atom. The van der Waals surface area contributed by atoms with Crippen molar-refractivity contribution in [2.45, 2.75) is 5.16 Å². The predicted molar refractivity (Wildman–Crippen MR) is 66.4 cm³/mol. The van der Waals surface area contributed by atoms with Crippen molar-refractivity contribution in [2.75, 3.05) is 13.4 Å². The van der Waals surface area contributed by atoms with Gasteiger partial charge < -0.3 is 4.74 Å². The van der Waals surface area contributed by atoms with E-state index >= 15 is 0 Å². The largest absolute Gasteiger partial charge is 0.497 e. The van der Waals surface area contributed by atoms with Crippen molar-refractivity contribution >= 4 is 11.8 Å². The molecule has 1 aromatic heterocycles. The van der Waals surface area contributed by atoms with E-state index in [1.165, 1.54) is 11.8 Å². The maximum atomic E-state index is 11.8. The molecule has 0 radical (unpaired) electrons. The zero-order chi connectivity index (χ0) is 12.3. The van der Waals surface area contributed by atoms with Crippen LogP contribution in [0.1, 0.15) is 0 Å². The molecule has 0 spiro atoms. The van der Waals surface area contributed by atoms with Gasteiger partial charge in [0.15, 0.2) is 10.9 Å². The molecule has 0 aliphatic rings. The van der Waals surface area contributed by atoms with Gasteiger partial charge in [0.1, 0.15) is 5.75 Å². The molecule has 88 valence electrons. The average molecular weight is 249 g/mol. The number of nitrogens with zero attached hydrogens (tertiary/aromatic N) is 2. The molecule has 0 fully saturated rings. The highest BCUT2D eigenvalue weighted by atomic mass is 32.2. The van der Waals surface area contributed by atoms with E-state index < -0.39 is 0 Å². The minimum absolute atomic E-state index is 0.252. The van der Waals surface area contributed by atoms with Crippen molar-refractivity contribution in [2.24, 2.45) is 0 Å². The van der Waals surface area contributed by atoms with Crippen LogP contribution in [-0.2, 0) is 0 Å². The van der Waals surface area contributed by atoms with Crippen LogP contribution in [0.5, 0.6) is 5.75 Å². The summed E-state index contributed by atoms with van der Waals surface area (Å²) in [6.07, 6.45) is 1.82. The van der Waals surface area contributed by atoms with Crippen molar-refractivity contribution in [3.8, 4) is 17.0 Å². The van der Waals surface area contributed by atoms with Crippen LogP contribution in [0.2, 0.25) is 0 Å². The van der Waals surface area contributed by atoms with E-state index in [-0.39, 0.29) is 5.56 Å². The lowest BCUT2D eigenvalue weighted by Crippen LogP contribution is -2.13. The maximum Gasteiger partial charge on any atom is 0.278 e. The lowest BCUT2D eigenvalue weighted by atomic mass is 10.1. The second kappa shape index (κ2) is 5.01. The first-order chi connectivity index (χ1) is 8.24. The second-order valence-corrected chi connectivity index (χ2v) is 4.04. The Kier molecular flexibility index (Phi) is 3.43. The average Bonchev–Trinajstić information content (AvgIpc) is 2.38. The molecule has 0 bridgehead atoms. The lowest BCUT2D eigenvalue weighted by Gasteiger charge is -2.03. The van der Waals surface area contributed by atoms with Gasteiger partial charge in [-0.1, -0.05) is 23.9 Å². The van der Waals surface area contributed by atoms with E-state index in [0.717, 1.165) is 0 Å². The summed E-state index contributed by atoms with van der Waals surface area (Å²) < 4.78 is 5.10. The third-order valence-corrected chi connectivity index (χ3v) is 2.78. The van der Waals surface area contributed by atoms with E-state index in [9.17, 15) is 4.79 Å². The van der Waals surface area contributed by atoms with Crippen molar-refractivity contribution in [3.05, 3.63) is 34.6 Å². The van der Waals surface area contributed by atoms with Crippen LogP contribution in [0.4, 0.5) is 0 Å². The van der Waals surface area contributed by atoms with E-state index in [1.54, 1.807) is 31.4 Å². The molecule has 17 heavy (non-hydrogen) atoms. The molecular formula is C11H11N3O2S. The number of hydrogen-bond acceptors (Lipinski definition) is 5. The number of rotatable bonds is 3. The molecule has 0 saturated heterocycles. The number of benzene rings is 1. The Labute approximate surface area is 102 Å². The fraction of sp³-hybridized carbons (Fsp3) is 0.182. The van der Waals surface area contributed by atoms with Crippen LogP contribution >= 0.6 is 11.8 Å². The smallest absolute Gasteiger partial charge is 0.278 e. The topological polar surface area (TPSA) is 67.9 Å². The van der Waals surface area contributed by atoms with Crippen molar-refractivity contribution in [1.82, 2.24) is 15.2 Å². The fourth-order valence-corrected chi connectivity index (χ4v) is 1.69. The molecule has 2 aromatic rings. The first kappa shape index (κ1) is 11.7. The van der Waals surface area contributed by atoms with Gasteiger partial charge in [0.05, 0.1) is 7.11 Å². The van der Waals surface area contributed by atoms with Gasteiger partial charge >= 0.3 is 0 Å². The van der Waals surface area contributed by atoms with Gasteiger partial charge in [0, 0.05) is 5.56 Å². The monoisotopic (exact) mass is 249 g/mol. The summed E-state index contributed by atoms with van der Waals surface area (Å²) in [6.45, 7) is 0. The molecule has 6 heteroatoms. The molecule has 0 atom stereocenters. The Hall–Kier alpha value is -1.82. The molecule has 0 unspecified atom stereocenters. The molecule has 1 aromatic carbocycles. The van der Waals surface area contributed by atoms with E-state index in [0.29, 0.717) is 22.2 Å². The van der Waals surface area contributed by atoms with Gasteiger partial charge in [0.25, 0.3) is 5.56 Å². The Balaban J connectivity index is 2.49.